The van der Waals surface area contributed by atoms with Gasteiger partial charge in [0.1, 0.15) is 0 Å². The summed E-state index contributed by atoms with van der Waals surface area (Å²) in [5.74, 6) is -0.676. The fourth-order valence-electron chi connectivity index (χ4n) is 1.52. The van der Waals surface area contributed by atoms with E-state index in [0.717, 1.165) is 39.1 Å². The lowest BCUT2D eigenvalue weighted by Crippen LogP contribution is -3.14. The quantitative estimate of drug-likeness (QED) is 0.486. The maximum absolute atomic E-state index is 10.2. The zero-order chi connectivity index (χ0) is 8.81. The molecule has 1 rings (SSSR count). The SMILES string of the molecule is O=C(O)CCC[NH+]1CCNCC1.[OH-]. The minimum Gasteiger partial charge on any atom is -0.870 e. The first-order chi connectivity index (χ1) is 5.79. The molecule has 1 heterocycles. The smallest absolute Gasteiger partial charge is 0.303 e. The molecule has 0 aromatic carbocycles. The molecule has 0 aliphatic carbocycles. The number of aliphatic carboxylic acids is 1. The topological polar surface area (TPSA) is 83.8 Å². The zero-order valence-electron chi connectivity index (χ0n) is 7.75. The summed E-state index contributed by atoms with van der Waals surface area (Å²) in [6.07, 6.45) is 1.13. The lowest BCUT2D eigenvalue weighted by molar-refractivity contribution is -0.902. The summed E-state index contributed by atoms with van der Waals surface area (Å²) in [7, 11) is 0. The van der Waals surface area contributed by atoms with Crippen molar-refractivity contribution in [2.24, 2.45) is 0 Å². The number of carbonyl (C=O) groups is 1. The van der Waals surface area contributed by atoms with E-state index in [4.69, 9.17) is 5.11 Å². The second kappa shape index (κ2) is 6.82. The molecule has 5 heteroatoms. The predicted molar refractivity (Wildman–Crippen MR) is 47.2 cm³/mol. The highest BCUT2D eigenvalue weighted by molar-refractivity contribution is 5.66. The Labute approximate surface area is 78.0 Å². The van der Waals surface area contributed by atoms with Gasteiger partial charge in [-0.2, -0.15) is 0 Å². The van der Waals surface area contributed by atoms with E-state index in [0.29, 0.717) is 6.42 Å². The molecule has 0 amide bonds. The summed E-state index contributed by atoms with van der Waals surface area (Å²) in [4.78, 5) is 11.8. The molecule has 13 heavy (non-hydrogen) atoms. The second-order valence-electron chi connectivity index (χ2n) is 3.25. The standard InChI is InChI=1S/C8H16N2O2.H2O/c11-8(12)2-1-5-10-6-3-9-4-7-10;/h9H,1-7H2,(H,11,12);1H2. The van der Waals surface area contributed by atoms with Crippen molar-refractivity contribution >= 4 is 5.97 Å². The molecule has 0 saturated carbocycles. The first-order valence-electron chi connectivity index (χ1n) is 4.55. The highest BCUT2D eigenvalue weighted by Gasteiger charge is 2.12. The predicted octanol–water partition coefficient (Wildman–Crippen LogP) is -1.84. The number of quaternary nitrogens is 1. The van der Waals surface area contributed by atoms with E-state index in [1.54, 1.807) is 0 Å². The summed E-state index contributed by atoms with van der Waals surface area (Å²) in [6.45, 7) is 5.43. The van der Waals surface area contributed by atoms with Gasteiger partial charge in [0.15, 0.2) is 0 Å². The molecule has 0 radical (unpaired) electrons. The summed E-state index contributed by atoms with van der Waals surface area (Å²) in [5.41, 5.74) is 0. The van der Waals surface area contributed by atoms with Gasteiger partial charge in [0, 0.05) is 19.5 Å². The fraction of sp³-hybridized carbons (Fsp3) is 0.875. The van der Waals surface area contributed by atoms with Crippen molar-refractivity contribution < 1.29 is 20.3 Å². The number of hydrogen-bond donors (Lipinski definition) is 3. The Kier molecular flexibility index (Phi) is 6.48. The van der Waals surface area contributed by atoms with Crippen LogP contribution >= 0.6 is 0 Å². The summed E-state index contributed by atoms with van der Waals surface area (Å²) >= 11 is 0. The van der Waals surface area contributed by atoms with E-state index < -0.39 is 5.97 Å². The Balaban J connectivity index is 0.00000144. The van der Waals surface area contributed by atoms with E-state index >= 15 is 0 Å². The van der Waals surface area contributed by atoms with Gasteiger partial charge in [-0.1, -0.05) is 0 Å². The van der Waals surface area contributed by atoms with Gasteiger partial charge in [0.05, 0.1) is 26.1 Å². The summed E-state index contributed by atoms with van der Waals surface area (Å²) in [5, 5.41) is 11.7. The average Bonchev–Trinajstić information content (AvgIpc) is 2.05. The molecule has 78 valence electrons. The monoisotopic (exact) mass is 190 g/mol. The van der Waals surface area contributed by atoms with E-state index in [-0.39, 0.29) is 5.48 Å². The molecule has 0 atom stereocenters. The zero-order valence-corrected chi connectivity index (χ0v) is 7.75. The molecule has 0 aromatic heterocycles. The van der Waals surface area contributed by atoms with E-state index in [9.17, 15) is 4.79 Å². The fourth-order valence-corrected chi connectivity index (χ4v) is 1.52. The van der Waals surface area contributed by atoms with Gasteiger partial charge in [0.2, 0.25) is 0 Å². The number of carboxylic acids is 1. The second-order valence-corrected chi connectivity index (χ2v) is 3.25. The van der Waals surface area contributed by atoms with Crippen molar-refractivity contribution in [1.29, 1.82) is 0 Å². The molecule has 1 aliphatic rings. The Hall–Kier alpha value is -0.650. The molecule has 0 unspecified atom stereocenters. The van der Waals surface area contributed by atoms with Gasteiger partial charge in [-0.15, -0.1) is 0 Å². The van der Waals surface area contributed by atoms with Gasteiger partial charge in [0.25, 0.3) is 0 Å². The molecule has 1 fully saturated rings. The molecule has 0 spiro atoms. The number of rotatable bonds is 4. The summed E-state index contributed by atoms with van der Waals surface area (Å²) < 4.78 is 0. The van der Waals surface area contributed by atoms with Gasteiger partial charge in [-0.25, -0.2) is 0 Å². The maximum atomic E-state index is 10.2. The minimum absolute atomic E-state index is 0. The molecule has 1 saturated heterocycles. The van der Waals surface area contributed by atoms with Crippen LogP contribution in [0.2, 0.25) is 0 Å². The molecule has 4 N–H and O–H groups in total. The third kappa shape index (κ3) is 5.57. The number of piperazine rings is 1. The molecule has 1 aliphatic heterocycles. The van der Waals surface area contributed by atoms with Gasteiger partial charge in [-0.05, 0) is 0 Å². The van der Waals surface area contributed by atoms with Crippen LogP contribution in [0.15, 0.2) is 0 Å². The van der Waals surface area contributed by atoms with Crippen LogP contribution < -0.4 is 10.2 Å². The number of hydrogen-bond acceptors (Lipinski definition) is 3. The maximum Gasteiger partial charge on any atom is 0.303 e. The van der Waals surface area contributed by atoms with E-state index in [2.05, 4.69) is 5.32 Å². The van der Waals surface area contributed by atoms with Crippen molar-refractivity contribution in [3.63, 3.8) is 0 Å². The van der Waals surface area contributed by atoms with Crippen LogP contribution in [0.4, 0.5) is 0 Å². The third-order valence-corrected chi connectivity index (χ3v) is 2.23. The van der Waals surface area contributed by atoms with Crippen molar-refractivity contribution in [2.75, 3.05) is 32.7 Å². The average molecular weight is 190 g/mol. The Bertz CT molecular complexity index is 146. The van der Waals surface area contributed by atoms with Crippen molar-refractivity contribution in [1.82, 2.24) is 5.32 Å². The Morgan fingerprint density at radius 3 is 2.54 bits per heavy atom. The first kappa shape index (κ1) is 12.3. The van der Waals surface area contributed by atoms with Gasteiger partial charge < -0.3 is 20.8 Å². The number of carboxylic acid groups (broad SMARTS) is 1. The Morgan fingerprint density at radius 2 is 2.00 bits per heavy atom. The molecular formula is C8H18N2O3. The lowest BCUT2D eigenvalue weighted by atomic mass is 10.2. The van der Waals surface area contributed by atoms with Gasteiger partial charge in [-0.3, -0.25) is 4.79 Å². The largest absolute Gasteiger partial charge is 0.870 e. The van der Waals surface area contributed by atoms with Crippen LogP contribution in [0, 0.1) is 0 Å². The van der Waals surface area contributed by atoms with Crippen molar-refractivity contribution in [3.05, 3.63) is 0 Å². The normalized spacial score (nSPS) is 17.8. The van der Waals surface area contributed by atoms with Crippen molar-refractivity contribution in [2.45, 2.75) is 12.8 Å². The molecule has 0 bridgehead atoms. The van der Waals surface area contributed by atoms with Crippen LogP contribution in [-0.4, -0.2) is 49.3 Å². The Morgan fingerprint density at radius 1 is 1.38 bits per heavy atom. The molecule has 0 aromatic rings. The van der Waals surface area contributed by atoms with Gasteiger partial charge >= 0.3 is 5.97 Å². The van der Waals surface area contributed by atoms with Crippen molar-refractivity contribution in [3.8, 4) is 0 Å². The third-order valence-electron chi connectivity index (χ3n) is 2.23. The van der Waals surface area contributed by atoms with Crippen LogP contribution in [-0.2, 0) is 4.79 Å². The van der Waals surface area contributed by atoms with E-state index in [1.165, 1.54) is 4.90 Å². The summed E-state index contributed by atoms with van der Waals surface area (Å²) in [6, 6.07) is 0. The minimum atomic E-state index is -0.676. The first-order valence-corrected chi connectivity index (χ1v) is 4.55. The van der Waals surface area contributed by atoms with Crippen LogP contribution in [0.25, 0.3) is 0 Å². The molecule has 5 nitrogen and oxygen atoms in total. The number of nitrogens with one attached hydrogen (secondary N) is 2. The van der Waals surface area contributed by atoms with E-state index in [1.807, 2.05) is 0 Å². The lowest BCUT2D eigenvalue weighted by Gasteiger charge is -2.23. The van der Waals surface area contributed by atoms with Crippen LogP contribution in [0.3, 0.4) is 0 Å². The highest BCUT2D eigenvalue weighted by Crippen LogP contribution is 1.83. The van der Waals surface area contributed by atoms with Crippen LogP contribution in [0.5, 0.6) is 0 Å². The van der Waals surface area contributed by atoms with Crippen LogP contribution in [0.1, 0.15) is 12.8 Å². The highest BCUT2D eigenvalue weighted by atomic mass is 16.4. The molecular weight excluding hydrogens is 172 g/mol.